The first-order chi connectivity index (χ1) is 17.5. The Hall–Kier alpha value is -2.43. The summed E-state index contributed by atoms with van der Waals surface area (Å²) in [6, 6.07) is 8.34. The molecule has 0 heterocycles. The molecule has 2 aromatic carbocycles. The smallest absolute Gasteiger partial charge is 0.168 e. The van der Waals surface area contributed by atoms with Gasteiger partial charge < -0.3 is 9.47 Å². The molecule has 2 nitrogen and oxygen atoms in total. The minimum absolute atomic E-state index is 0.0189. The molecule has 2 aliphatic carbocycles. The lowest BCUT2D eigenvalue weighted by Crippen LogP contribution is -2.20. The van der Waals surface area contributed by atoms with Gasteiger partial charge >= 0.3 is 0 Å². The van der Waals surface area contributed by atoms with Gasteiger partial charge in [-0.15, -0.1) is 6.58 Å². The second-order valence-corrected chi connectivity index (χ2v) is 10.7. The summed E-state index contributed by atoms with van der Waals surface area (Å²) in [6.45, 7) is 6.83. The number of hydrogen-bond acceptors (Lipinski definition) is 2. The third-order valence-electron chi connectivity index (χ3n) is 8.08. The maximum atomic E-state index is 15.1. The van der Waals surface area contributed by atoms with Gasteiger partial charge in [-0.25, -0.2) is 13.2 Å². The Kier molecular flexibility index (Phi) is 9.39. The molecule has 0 N–H and O–H groups in total. The molecule has 2 saturated carbocycles. The van der Waals surface area contributed by atoms with Crippen LogP contribution in [0.2, 0.25) is 0 Å². The maximum absolute atomic E-state index is 15.1. The lowest BCUT2D eigenvalue weighted by Gasteiger charge is -2.30. The molecule has 2 fully saturated rings. The Morgan fingerprint density at radius 3 is 2.03 bits per heavy atom. The van der Waals surface area contributed by atoms with Crippen molar-refractivity contribution in [1.29, 1.82) is 0 Å². The Labute approximate surface area is 213 Å². The van der Waals surface area contributed by atoms with E-state index in [0.717, 1.165) is 64.2 Å². The third-order valence-corrected chi connectivity index (χ3v) is 8.08. The van der Waals surface area contributed by atoms with E-state index in [0.29, 0.717) is 36.0 Å². The molecule has 2 aromatic rings. The topological polar surface area (TPSA) is 18.5 Å². The summed E-state index contributed by atoms with van der Waals surface area (Å²) in [5.41, 5.74) is 1.06. The van der Waals surface area contributed by atoms with E-state index in [9.17, 15) is 4.39 Å². The predicted molar refractivity (Wildman–Crippen MR) is 138 cm³/mol. The minimum atomic E-state index is -0.653. The van der Waals surface area contributed by atoms with E-state index in [1.54, 1.807) is 12.1 Å². The lowest BCUT2D eigenvalue weighted by atomic mass is 9.76. The first-order valence-electron chi connectivity index (χ1n) is 13.6. The second kappa shape index (κ2) is 12.7. The molecule has 196 valence electrons. The normalized spacial score (nSPS) is 24.3. The number of hydrogen-bond donors (Lipinski definition) is 0. The number of rotatable bonds is 10. The van der Waals surface area contributed by atoms with Gasteiger partial charge in [-0.2, -0.15) is 0 Å². The van der Waals surface area contributed by atoms with Gasteiger partial charge in [0, 0.05) is 6.07 Å². The number of unbranched alkanes of at least 4 members (excludes halogenated alkanes) is 1. The largest absolute Gasteiger partial charge is 0.493 e. The van der Waals surface area contributed by atoms with Crippen LogP contribution in [0.4, 0.5) is 13.2 Å². The molecular formula is C31H39F3O2. The van der Waals surface area contributed by atoms with E-state index in [2.05, 4.69) is 13.5 Å². The second-order valence-electron chi connectivity index (χ2n) is 10.7. The molecule has 0 atom stereocenters. The summed E-state index contributed by atoms with van der Waals surface area (Å²) in [4.78, 5) is 0. The average molecular weight is 501 g/mol. The summed E-state index contributed by atoms with van der Waals surface area (Å²) in [5.74, 6) is 0.0815. The van der Waals surface area contributed by atoms with Crippen LogP contribution in [0.1, 0.15) is 94.1 Å². The van der Waals surface area contributed by atoms with Crippen molar-refractivity contribution in [2.75, 3.05) is 13.2 Å². The molecule has 0 aromatic heterocycles. The monoisotopic (exact) mass is 500 g/mol. The van der Waals surface area contributed by atoms with Crippen molar-refractivity contribution in [2.24, 2.45) is 11.8 Å². The van der Waals surface area contributed by atoms with Gasteiger partial charge in [-0.05, 0) is 98.3 Å². The van der Waals surface area contributed by atoms with Crippen LogP contribution >= 0.6 is 0 Å². The van der Waals surface area contributed by atoms with Crippen LogP contribution < -0.4 is 9.47 Å². The van der Waals surface area contributed by atoms with E-state index in [-0.39, 0.29) is 23.5 Å². The lowest BCUT2D eigenvalue weighted by molar-refractivity contribution is 0.193. The molecule has 0 unspecified atom stereocenters. The zero-order valence-corrected chi connectivity index (χ0v) is 21.4. The standard InChI is InChI=1S/C31H39F3O2/c1-3-4-5-18-35-25-14-17-29(28(32)19-25)36-20-22-8-12-24(13-9-22)27-16-15-26(30(33)31(27)34)23-10-6-21(2)7-11-23/h3,14-17,19,21-24H,1,4-13,18,20H2,2H3. The fourth-order valence-electron chi connectivity index (χ4n) is 5.73. The molecule has 0 bridgehead atoms. The van der Waals surface area contributed by atoms with Crippen molar-refractivity contribution >= 4 is 0 Å². The quantitative estimate of drug-likeness (QED) is 0.239. The number of ether oxygens (including phenoxy) is 2. The molecule has 0 spiro atoms. The zero-order valence-electron chi connectivity index (χ0n) is 21.4. The van der Waals surface area contributed by atoms with Crippen LogP contribution in [0.3, 0.4) is 0 Å². The van der Waals surface area contributed by atoms with Gasteiger partial charge in [0.05, 0.1) is 13.2 Å². The molecule has 0 aliphatic heterocycles. The van der Waals surface area contributed by atoms with Crippen molar-refractivity contribution in [3.05, 3.63) is 71.6 Å². The van der Waals surface area contributed by atoms with E-state index in [4.69, 9.17) is 9.47 Å². The highest BCUT2D eigenvalue weighted by Gasteiger charge is 2.29. The van der Waals surface area contributed by atoms with Gasteiger partial charge in [0.1, 0.15) is 5.75 Å². The van der Waals surface area contributed by atoms with Crippen LogP contribution in [0.5, 0.6) is 11.5 Å². The number of halogens is 3. The SMILES string of the molecule is C=CCCCOc1ccc(OCC2CCC(c3ccc(C4CCC(C)CC4)c(F)c3F)CC2)c(F)c1. The Morgan fingerprint density at radius 2 is 1.44 bits per heavy atom. The van der Waals surface area contributed by atoms with Gasteiger partial charge in [0.25, 0.3) is 0 Å². The fourth-order valence-corrected chi connectivity index (χ4v) is 5.73. The van der Waals surface area contributed by atoms with Crippen LogP contribution in [-0.4, -0.2) is 13.2 Å². The van der Waals surface area contributed by atoms with Crippen LogP contribution in [-0.2, 0) is 0 Å². The van der Waals surface area contributed by atoms with Gasteiger partial charge in [-0.1, -0.05) is 38.0 Å². The Bertz CT molecular complexity index is 1010. The highest BCUT2D eigenvalue weighted by atomic mass is 19.2. The molecule has 0 saturated heterocycles. The van der Waals surface area contributed by atoms with Crippen molar-refractivity contribution < 1.29 is 22.6 Å². The highest BCUT2D eigenvalue weighted by Crippen LogP contribution is 2.41. The van der Waals surface area contributed by atoms with Crippen LogP contribution in [0, 0.1) is 29.3 Å². The fraction of sp³-hybridized carbons (Fsp3) is 0.548. The Balaban J connectivity index is 1.27. The van der Waals surface area contributed by atoms with Crippen LogP contribution in [0.25, 0.3) is 0 Å². The summed E-state index contributed by atoms with van der Waals surface area (Å²) in [5, 5.41) is 0. The van der Waals surface area contributed by atoms with E-state index >= 15 is 8.78 Å². The zero-order chi connectivity index (χ0) is 25.5. The van der Waals surface area contributed by atoms with E-state index in [1.165, 1.54) is 6.07 Å². The molecule has 5 heteroatoms. The summed E-state index contributed by atoms with van der Waals surface area (Å²) in [7, 11) is 0. The third kappa shape index (κ3) is 6.66. The molecule has 0 amide bonds. The van der Waals surface area contributed by atoms with Crippen molar-refractivity contribution in [3.63, 3.8) is 0 Å². The van der Waals surface area contributed by atoms with E-state index < -0.39 is 17.5 Å². The van der Waals surface area contributed by atoms with Gasteiger partial charge in [-0.3, -0.25) is 0 Å². The first-order valence-corrected chi connectivity index (χ1v) is 13.6. The summed E-state index contributed by atoms with van der Waals surface area (Å²) >= 11 is 0. The highest BCUT2D eigenvalue weighted by molar-refractivity contribution is 5.33. The maximum Gasteiger partial charge on any atom is 0.168 e. The minimum Gasteiger partial charge on any atom is -0.493 e. The summed E-state index contributed by atoms with van der Waals surface area (Å²) in [6.07, 6.45) is 10.8. The number of allylic oxidation sites excluding steroid dienone is 1. The Morgan fingerprint density at radius 1 is 0.833 bits per heavy atom. The van der Waals surface area contributed by atoms with Crippen LogP contribution in [0.15, 0.2) is 43.0 Å². The van der Waals surface area contributed by atoms with Gasteiger partial charge in [0.15, 0.2) is 23.2 Å². The van der Waals surface area contributed by atoms with Crippen molar-refractivity contribution in [2.45, 2.75) is 83.0 Å². The summed E-state index contributed by atoms with van der Waals surface area (Å²) < 4.78 is 55.9. The molecule has 2 aliphatic rings. The molecule has 4 rings (SSSR count). The predicted octanol–water partition coefficient (Wildman–Crippen LogP) is 9.10. The molecule has 36 heavy (non-hydrogen) atoms. The average Bonchev–Trinajstić information content (AvgIpc) is 2.89. The first kappa shape index (κ1) is 26.6. The van der Waals surface area contributed by atoms with Gasteiger partial charge in [0.2, 0.25) is 0 Å². The molecule has 0 radical (unpaired) electrons. The number of benzene rings is 2. The van der Waals surface area contributed by atoms with E-state index in [1.807, 2.05) is 18.2 Å². The van der Waals surface area contributed by atoms with Crippen molar-refractivity contribution in [3.8, 4) is 11.5 Å². The van der Waals surface area contributed by atoms with Crippen molar-refractivity contribution in [1.82, 2.24) is 0 Å². The molecular weight excluding hydrogens is 461 g/mol.